The van der Waals surface area contributed by atoms with Gasteiger partial charge in [-0.1, -0.05) is 18.2 Å². The maximum atomic E-state index is 10.4. The second-order valence-electron chi connectivity index (χ2n) is 14.8. The topological polar surface area (TPSA) is 95.8 Å². The fraction of sp³-hybridized carbons (Fsp3) is 0.429. The van der Waals surface area contributed by atoms with E-state index in [1.807, 2.05) is 18.2 Å². The normalized spacial score (nSPS) is 22.4. The van der Waals surface area contributed by atoms with Gasteiger partial charge in [0.1, 0.15) is 30.9 Å². The Bertz CT molecular complexity index is 1940. The molecule has 0 saturated heterocycles. The molecule has 4 aliphatic rings. The van der Waals surface area contributed by atoms with Crippen molar-refractivity contribution in [2.24, 2.45) is 0 Å². The highest BCUT2D eigenvalue weighted by molar-refractivity contribution is 5.63. The third-order valence-corrected chi connectivity index (χ3v) is 11.8. The third-order valence-electron chi connectivity index (χ3n) is 11.8. The second-order valence-corrected chi connectivity index (χ2v) is 14.8. The predicted molar refractivity (Wildman–Crippen MR) is 198 cm³/mol. The Labute approximate surface area is 331 Å². The van der Waals surface area contributed by atoms with Gasteiger partial charge in [0, 0.05) is 31.2 Å². The molecular weight excluding hydrogens is 731 g/mol. The molecule has 8 rings (SSSR count). The number of ether oxygens (including phenoxy) is 6. The van der Waals surface area contributed by atoms with Crippen LogP contribution < -0.4 is 53.2 Å². The lowest BCUT2D eigenvalue weighted by Gasteiger charge is -2.46. The van der Waals surface area contributed by atoms with Crippen LogP contribution in [0.2, 0.25) is 0 Å². The number of hydrogen-bond donors (Lipinski definition) is 2. The molecule has 0 saturated carbocycles. The minimum atomic E-state index is -0.119. The summed E-state index contributed by atoms with van der Waals surface area (Å²) in [6.07, 6.45) is 3.01. The van der Waals surface area contributed by atoms with E-state index in [2.05, 4.69) is 56.6 Å². The Morgan fingerprint density at radius 2 is 1.20 bits per heavy atom. The summed E-state index contributed by atoms with van der Waals surface area (Å²) in [5, 5.41) is 20.7. The lowest BCUT2D eigenvalue weighted by Crippen LogP contribution is -3.00. The lowest BCUT2D eigenvalue weighted by molar-refractivity contribution is -0.941. The molecule has 0 aliphatic carbocycles. The van der Waals surface area contributed by atoms with Crippen molar-refractivity contribution in [2.45, 2.75) is 37.8 Å². The standard InChI is InChI=1S/C42H52N2O8.2ClH/c1-43(17-19-45)15-13-29-24-36(48-4)38-26-32(29)33(43)21-27-7-10-31(11-8-27)51-37-23-28(9-12-35(37)47-3)22-34-40-30(14-16-44(34,2)18-20-46)25-39(49-5)41(50-6)42(40)52-38;;/h7-12,23-26,33-34,45-46H,13-22H2,1-6H3;2*1H/q+2;;/p-2/t33-,34-,43?,44?;;/m0../s1. The molecule has 4 aromatic carbocycles. The molecule has 2 N–H and O–H groups in total. The Kier molecular flexibility index (Phi) is 12.9. The molecule has 54 heavy (non-hydrogen) atoms. The summed E-state index contributed by atoms with van der Waals surface area (Å²) in [6.45, 7) is 3.04. The van der Waals surface area contributed by atoms with Gasteiger partial charge in [-0.25, -0.2) is 0 Å². The summed E-state index contributed by atoms with van der Waals surface area (Å²) < 4.78 is 38.8. The predicted octanol–water partition coefficient (Wildman–Crippen LogP) is 0.185. The zero-order valence-corrected chi connectivity index (χ0v) is 33.5. The average Bonchev–Trinajstić information content (AvgIpc) is 3.14. The SMILES string of the molecule is COc1ccc2cc1Oc1ccc(cc1)C[C@H]1c3cc(c(OC)cc3CC[N+]1(C)CCO)Oc1c(OC)c(OC)cc3c1[C@H](C2)[N+](C)(CCO)CC3.[Cl-].[Cl-]. The van der Waals surface area contributed by atoms with Gasteiger partial charge in [-0.15, -0.1) is 0 Å². The number of hydrogen-bond acceptors (Lipinski definition) is 8. The molecular formula is C42H52Cl2N2O8. The summed E-state index contributed by atoms with van der Waals surface area (Å²) in [5.41, 5.74) is 6.75. The largest absolute Gasteiger partial charge is 1.00 e. The van der Waals surface area contributed by atoms with Gasteiger partial charge in [0.2, 0.25) is 5.75 Å². The molecule has 6 bridgehead atoms. The van der Waals surface area contributed by atoms with Crippen LogP contribution in [0.15, 0.2) is 60.7 Å². The Morgan fingerprint density at radius 1 is 0.630 bits per heavy atom. The molecule has 2 unspecified atom stereocenters. The van der Waals surface area contributed by atoms with E-state index in [0.29, 0.717) is 68.7 Å². The van der Waals surface area contributed by atoms with Crippen LogP contribution in [0.1, 0.15) is 45.5 Å². The minimum absolute atomic E-state index is 0. The van der Waals surface area contributed by atoms with Gasteiger partial charge in [0.25, 0.3) is 0 Å². The molecule has 292 valence electrons. The fourth-order valence-corrected chi connectivity index (χ4v) is 8.74. The summed E-state index contributed by atoms with van der Waals surface area (Å²) in [5.74, 6) is 4.93. The van der Waals surface area contributed by atoms with E-state index in [1.165, 1.54) is 16.7 Å². The Balaban J connectivity index is 0.00000280. The average molecular weight is 784 g/mol. The number of aliphatic hydroxyl groups excluding tert-OH is 2. The van der Waals surface area contributed by atoms with E-state index in [4.69, 9.17) is 28.4 Å². The second kappa shape index (κ2) is 16.9. The summed E-state index contributed by atoms with van der Waals surface area (Å²) in [6, 6.07) is 20.7. The number of methoxy groups -OCH3 is 4. The van der Waals surface area contributed by atoms with Crippen molar-refractivity contribution in [2.75, 3.05) is 81.9 Å². The number of halogens is 2. The summed E-state index contributed by atoms with van der Waals surface area (Å²) in [4.78, 5) is 0. The number of nitrogens with zero attached hydrogens (tertiary/aromatic N) is 2. The van der Waals surface area contributed by atoms with E-state index in [1.54, 1.807) is 28.4 Å². The van der Waals surface area contributed by atoms with Crippen LogP contribution in [-0.4, -0.2) is 101 Å². The van der Waals surface area contributed by atoms with Crippen LogP contribution in [0.3, 0.4) is 0 Å². The molecule has 0 amide bonds. The van der Waals surface area contributed by atoms with Crippen molar-refractivity contribution in [3.63, 3.8) is 0 Å². The number of fused-ring (bicyclic) bond motifs is 2. The van der Waals surface area contributed by atoms with Crippen LogP contribution >= 0.6 is 0 Å². The monoisotopic (exact) mass is 782 g/mol. The Hall–Kier alpha value is -3.90. The third kappa shape index (κ3) is 7.52. The van der Waals surface area contributed by atoms with Crippen LogP contribution in [0.4, 0.5) is 0 Å². The van der Waals surface area contributed by atoms with E-state index in [0.717, 1.165) is 54.8 Å². The molecule has 4 atom stereocenters. The van der Waals surface area contributed by atoms with Crippen molar-refractivity contribution in [3.05, 3.63) is 94.0 Å². The number of benzene rings is 4. The minimum Gasteiger partial charge on any atom is -1.00 e. The van der Waals surface area contributed by atoms with E-state index in [-0.39, 0.29) is 50.1 Å². The van der Waals surface area contributed by atoms with Crippen molar-refractivity contribution in [1.82, 2.24) is 0 Å². The quantitative estimate of drug-likeness (QED) is 0.245. The highest BCUT2D eigenvalue weighted by Gasteiger charge is 2.44. The number of quaternary nitrogens is 2. The van der Waals surface area contributed by atoms with Crippen molar-refractivity contribution in [3.8, 4) is 46.0 Å². The zero-order chi connectivity index (χ0) is 36.6. The van der Waals surface area contributed by atoms with Gasteiger partial charge in [-0.05, 0) is 64.7 Å². The van der Waals surface area contributed by atoms with Gasteiger partial charge in [0.05, 0.1) is 74.4 Å². The maximum Gasteiger partial charge on any atom is 0.204 e. The number of rotatable bonds is 8. The van der Waals surface area contributed by atoms with Crippen molar-refractivity contribution < 1.29 is 72.4 Å². The van der Waals surface area contributed by atoms with Gasteiger partial charge in [-0.3, -0.25) is 0 Å². The first-order valence-corrected chi connectivity index (χ1v) is 18.2. The molecule has 0 fully saturated rings. The van der Waals surface area contributed by atoms with Crippen LogP contribution in [0.5, 0.6) is 46.0 Å². The summed E-state index contributed by atoms with van der Waals surface area (Å²) in [7, 11) is 11.1. The molecule has 0 aromatic heterocycles. The first kappa shape index (κ1) is 41.3. The molecule has 0 radical (unpaired) electrons. The van der Waals surface area contributed by atoms with Gasteiger partial charge in [-0.2, -0.15) is 0 Å². The molecule has 4 aromatic rings. The zero-order valence-electron chi connectivity index (χ0n) is 32.0. The van der Waals surface area contributed by atoms with Crippen molar-refractivity contribution >= 4 is 0 Å². The highest BCUT2D eigenvalue weighted by Crippen LogP contribution is 2.53. The maximum absolute atomic E-state index is 10.4. The van der Waals surface area contributed by atoms with Gasteiger partial charge in [0.15, 0.2) is 34.5 Å². The fourth-order valence-electron chi connectivity index (χ4n) is 8.74. The van der Waals surface area contributed by atoms with Gasteiger partial charge >= 0.3 is 0 Å². The van der Waals surface area contributed by atoms with Crippen LogP contribution in [-0.2, 0) is 25.7 Å². The first-order valence-electron chi connectivity index (χ1n) is 18.2. The van der Waals surface area contributed by atoms with Gasteiger partial charge < -0.3 is 72.4 Å². The number of likely N-dealkylation sites (N-methyl/N-ethyl adjacent to an activating group) is 2. The Morgan fingerprint density at radius 3 is 1.83 bits per heavy atom. The van der Waals surface area contributed by atoms with Crippen LogP contribution in [0.25, 0.3) is 0 Å². The van der Waals surface area contributed by atoms with E-state index >= 15 is 0 Å². The van der Waals surface area contributed by atoms with Crippen molar-refractivity contribution in [1.29, 1.82) is 0 Å². The smallest absolute Gasteiger partial charge is 0.204 e. The molecule has 10 nitrogen and oxygen atoms in total. The van der Waals surface area contributed by atoms with E-state index in [9.17, 15) is 10.2 Å². The molecule has 0 spiro atoms. The lowest BCUT2D eigenvalue weighted by atomic mass is 9.85. The molecule has 4 heterocycles. The molecule has 4 aliphatic heterocycles. The number of aliphatic hydroxyl groups is 2. The highest BCUT2D eigenvalue weighted by atomic mass is 35.5. The summed E-state index contributed by atoms with van der Waals surface area (Å²) >= 11 is 0. The van der Waals surface area contributed by atoms with Crippen LogP contribution in [0, 0.1) is 0 Å². The molecule has 12 heteroatoms. The first-order chi connectivity index (χ1) is 25.2. The van der Waals surface area contributed by atoms with E-state index < -0.39 is 0 Å².